The van der Waals surface area contributed by atoms with Gasteiger partial charge in [0.2, 0.25) is 0 Å². The third-order valence-electron chi connectivity index (χ3n) is 8.07. The largest absolute Gasteiger partial charge is 0.432 e. The molecular formula is C30H31F6NO. The van der Waals surface area contributed by atoms with Crippen molar-refractivity contribution >= 4 is 0 Å². The van der Waals surface area contributed by atoms with Crippen LogP contribution in [0.2, 0.25) is 0 Å². The number of rotatable bonds is 8. The molecule has 2 saturated carbocycles. The molecule has 2 aromatic carbocycles. The van der Waals surface area contributed by atoms with Crippen LogP contribution in [0.25, 0.3) is 0 Å². The summed E-state index contributed by atoms with van der Waals surface area (Å²) in [7, 11) is 0. The first-order chi connectivity index (χ1) is 18.2. The summed E-state index contributed by atoms with van der Waals surface area (Å²) in [5.41, 5.74) is -1.55. The molecule has 0 atom stereocenters. The maximum Gasteiger partial charge on any atom is 0.432 e. The molecule has 0 radical (unpaired) electrons. The summed E-state index contributed by atoms with van der Waals surface area (Å²) in [5, 5.41) is 8.76. The Morgan fingerprint density at radius 2 is 1.47 bits per heavy atom. The van der Waals surface area contributed by atoms with Gasteiger partial charge in [-0.25, -0.2) is 13.2 Å². The van der Waals surface area contributed by atoms with E-state index in [-0.39, 0.29) is 18.2 Å². The van der Waals surface area contributed by atoms with Gasteiger partial charge in [0.05, 0.1) is 12.2 Å². The van der Waals surface area contributed by atoms with Crippen LogP contribution in [0.1, 0.15) is 80.4 Å². The van der Waals surface area contributed by atoms with Crippen molar-refractivity contribution in [1.82, 2.24) is 0 Å². The Bertz CT molecular complexity index is 1150. The molecule has 0 spiro atoms. The van der Waals surface area contributed by atoms with E-state index in [0.29, 0.717) is 35.8 Å². The van der Waals surface area contributed by atoms with Gasteiger partial charge in [0, 0.05) is 6.07 Å². The third-order valence-corrected chi connectivity index (χ3v) is 8.07. The third kappa shape index (κ3) is 6.54. The van der Waals surface area contributed by atoms with Crippen LogP contribution in [0.15, 0.2) is 42.5 Å². The molecule has 0 N–H and O–H groups in total. The van der Waals surface area contributed by atoms with E-state index in [2.05, 4.69) is 10.8 Å². The Morgan fingerprint density at radius 1 is 0.868 bits per heavy atom. The number of nitriles is 1. The van der Waals surface area contributed by atoms with Crippen molar-refractivity contribution in [2.45, 2.75) is 69.8 Å². The zero-order valence-electron chi connectivity index (χ0n) is 21.0. The normalized spacial score (nSPS) is 24.3. The molecule has 2 nitrogen and oxygen atoms in total. The van der Waals surface area contributed by atoms with E-state index in [1.54, 1.807) is 6.07 Å². The van der Waals surface area contributed by atoms with Gasteiger partial charge < -0.3 is 4.74 Å². The van der Waals surface area contributed by atoms with Crippen LogP contribution in [0.4, 0.5) is 26.3 Å². The highest BCUT2D eigenvalue weighted by molar-refractivity contribution is 5.37. The lowest BCUT2D eigenvalue weighted by Gasteiger charge is -2.37. The Balaban J connectivity index is 1.37. The molecule has 8 heteroatoms. The average Bonchev–Trinajstić information content (AvgIpc) is 2.88. The van der Waals surface area contributed by atoms with Crippen molar-refractivity contribution in [1.29, 1.82) is 5.26 Å². The van der Waals surface area contributed by atoms with E-state index in [4.69, 9.17) is 5.26 Å². The second-order valence-corrected chi connectivity index (χ2v) is 10.4. The molecule has 204 valence electrons. The molecule has 0 aliphatic heterocycles. The minimum atomic E-state index is -4.38. The molecule has 4 rings (SSSR count). The van der Waals surface area contributed by atoms with Crippen molar-refractivity contribution in [3.63, 3.8) is 0 Å². The lowest BCUT2D eigenvalue weighted by atomic mass is 9.68. The highest BCUT2D eigenvalue weighted by atomic mass is 19.3. The Labute approximate surface area is 219 Å². The van der Waals surface area contributed by atoms with Crippen LogP contribution < -0.4 is 4.74 Å². The van der Waals surface area contributed by atoms with Crippen molar-refractivity contribution in [3.05, 3.63) is 76.6 Å². The van der Waals surface area contributed by atoms with Crippen LogP contribution in [0.3, 0.4) is 0 Å². The van der Waals surface area contributed by atoms with Gasteiger partial charge in [-0.3, -0.25) is 4.39 Å². The van der Waals surface area contributed by atoms with Crippen molar-refractivity contribution < 1.29 is 31.1 Å². The predicted octanol–water partition coefficient (Wildman–Crippen LogP) is 9.10. The Hall–Kier alpha value is -2.95. The van der Waals surface area contributed by atoms with Gasteiger partial charge in [0.1, 0.15) is 34.8 Å². The highest BCUT2D eigenvalue weighted by Crippen LogP contribution is 2.45. The first kappa shape index (κ1) is 28.1. The van der Waals surface area contributed by atoms with Gasteiger partial charge >= 0.3 is 6.11 Å². The molecule has 2 aromatic rings. The Morgan fingerprint density at radius 3 is 2.03 bits per heavy atom. The number of nitrogens with zero attached hydrogens (tertiary/aromatic N) is 1. The van der Waals surface area contributed by atoms with Gasteiger partial charge in [-0.05, 0) is 111 Å². The van der Waals surface area contributed by atoms with Crippen LogP contribution in [0, 0.1) is 46.5 Å². The second kappa shape index (κ2) is 12.3. The number of allylic oxidation sites excluding steroid dienone is 2. The first-order valence-corrected chi connectivity index (χ1v) is 13.2. The molecule has 0 heterocycles. The fraction of sp³-hybridized carbons (Fsp3) is 0.500. The van der Waals surface area contributed by atoms with E-state index < -0.39 is 34.9 Å². The zero-order valence-corrected chi connectivity index (χ0v) is 21.0. The Kier molecular flexibility index (Phi) is 9.07. The SMILES string of the molecule is N#Cc1ccc(OC(F)(F)c2c(F)cc(C3CCC(C4CCC(C=CCCF)CC4)CC3)cc2F)cc1F. The molecule has 0 aromatic heterocycles. The molecule has 2 aliphatic carbocycles. The molecule has 0 amide bonds. The number of halogens is 6. The summed E-state index contributed by atoms with van der Waals surface area (Å²) in [6.07, 6.45) is 7.88. The summed E-state index contributed by atoms with van der Waals surface area (Å²) in [6, 6.07) is 5.92. The quantitative estimate of drug-likeness (QED) is 0.249. The highest BCUT2D eigenvalue weighted by Gasteiger charge is 2.42. The smallest absolute Gasteiger partial charge is 0.429 e. The molecule has 0 unspecified atom stereocenters. The monoisotopic (exact) mass is 535 g/mol. The van der Waals surface area contributed by atoms with E-state index in [0.717, 1.165) is 75.6 Å². The summed E-state index contributed by atoms with van der Waals surface area (Å²) in [6.45, 7) is -0.332. The van der Waals surface area contributed by atoms with Gasteiger partial charge in [-0.2, -0.15) is 14.0 Å². The summed E-state index contributed by atoms with van der Waals surface area (Å²) in [4.78, 5) is 0. The second-order valence-electron chi connectivity index (χ2n) is 10.4. The summed E-state index contributed by atoms with van der Waals surface area (Å²) < 4.78 is 89.6. The molecule has 2 fully saturated rings. The van der Waals surface area contributed by atoms with E-state index in [1.807, 2.05) is 6.08 Å². The number of hydrogen-bond donors (Lipinski definition) is 0. The van der Waals surface area contributed by atoms with Crippen LogP contribution in [0.5, 0.6) is 5.75 Å². The minimum absolute atomic E-state index is 0.119. The molecular weight excluding hydrogens is 504 g/mol. The summed E-state index contributed by atoms with van der Waals surface area (Å²) in [5.74, 6) is -3.02. The van der Waals surface area contributed by atoms with Crippen molar-refractivity contribution in [2.75, 3.05) is 6.67 Å². The standard InChI is InChI=1S/C30H31F6NO/c31-14-2-1-3-19-4-6-20(7-5-19)21-8-10-22(11-9-21)24-15-27(33)29(28(34)16-24)30(35,36)38-25-13-12-23(18-37)26(32)17-25/h1,3,12-13,15-17,19-22H,2,4-11,14H2. The number of ether oxygens (including phenoxy) is 1. The van der Waals surface area contributed by atoms with Crippen molar-refractivity contribution in [2.24, 2.45) is 17.8 Å². The van der Waals surface area contributed by atoms with Crippen LogP contribution >= 0.6 is 0 Å². The fourth-order valence-corrected chi connectivity index (χ4v) is 6.04. The lowest BCUT2D eigenvalue weighted by molar-refractivity contribution is -0.189. The van der Waals surface area contributed by atoms with Gasteiger partial charge in [-0.1, -0.05) is 12.2 Å². The molecule has 0 saturated heterocycles. The van der Waals surface area contributed by atoms with Gasteiger partial charge in [-0.15, -0.1) is 0 Å². The maximum atomic E-state index is 14.8. The maximum absolute atomic E-state index is 14.8. The minimum Gasteiger partial charge on any atom is -0.429 e. The van der Waals surface area contributed by atoms with Crippen molar-refractivity contribution in [3.8, 4) is 11.8 Å². The number of hydrogen-bond acceptors (Lipinski definition) is 2. The van der Waals surface area contributed by atoms with Gasteiger partial charge in [0.25, 0.3) is 0 Å². The fourth-order valence-electron chi connectivity index (χ4n) is 6.04. The molecule has 0 bridgehead atoms. The van der Waals surface area contributed by atoms with Crippen LogP contribution in [-0.2, 0) is 6.11 Å². The van der Waals surface area contributed by atoms with E-state index in [9.17, 15) is 26.3 Å². The zero-order chi connectivity index (χ0) is 27.3. The lowest BCUT2D eigenvalue weighted by Crippen LogP contribution is -2.26. The molecule has 2 aliphatic rings. The number of alkyl halides is 3. The van der Waals surface area contributed by atoms with Gasteiger partial charge in [0.15, 0.2) is 0 Å². The van der Waals surface area contributed by atoms with Crippen LogP contribution in [-0.4, -0.2) is 6.67 Å². The average molecular weight is 536 g/mol. The summed E-state index contributed by atoms with van der Waals surface area (Å²) >= 11 is 0. The predicted molar refractivity (Wildman–Crippen MR) is 132 cm³/mol. The van der Waals surface area contributed by atoms with E-state index in [1.165, 1.54) is 0 Å². The topological polar surface area (TPSA) is 33.0 Å². The molecule has 38 heavy (non-hydrogen) atoms. The van der Waals surface area contributed by atoms with E-state index >= 15 is 0 Å². The number of benzene rings is 2. The first-order valence-electron chi connectivity index (χ1n) is 13.2.